The molecule has 2 amide bonds. The lowest BCUT2D eigenvalue weighted by molar-refractivity contribution is 0.0890. The molecule has 2 aromatic rings. The first-order chi connectivity index (χ1) is 11.0. The Morgan fingerprint density at radius 3 is 2.39 bits per heavy atom. The van der Waals surface area contributed by atoms with Crippen LogP contribution in [0.3, 0.4) is 0 Å². The predicted molar refractivity (Wildman–Crippen MR) is 86.3 cm³/mol. The maximum atomic E-state index is 11.9. The number of carbonyl (C=O) groups is 2. The van der Waals surface area contributed by atoms with E-state index >= 15 is 0 Å². The molecule has 0 aliphatic heterocycles. The second kappa shape index (κ2) is 7.64. The van der Waals surface area contributed by atoms with Gasteiger partial charge in [0.05, 0.1) is 18.7 Å². The van der Waals surface area contributed by atoms with Crippen LogP contribution in [-0.2, 0) is 9.47 Å². The van der Waals surface area contributed by atoms with Crippen molar-refractivity contribution in [2.24, 2.45) is 0 Å². The van der Waals surface area contributed by atoms with Crippen LogP contribution in [0.1, 0.15) is 13.8 Å². The van der Waals surface area contributed by atoms with Crippen molar-refractivity contribution in [3.63, 3.8) is 0 Å². The molecule has 1 aromatic carbocycles. The Morgan fingerprint density at radius 1 is 1.13 bits per heavy atom. The molecule has 1 heterocycles. The smallest absolute Gasteiger partial charge is 0.438 e. The van der Waals surface area contributed by atoms with Crippen LogP contribution < -0.4 is 5.43 Å². The number of aromatic nitrogens is 1. The second-order valence-corrected chi connectivity index (χ2v) is 4.82. The quantitative estimate of drug-likeness (QED) is 0.854. The van der Waals surface area contributed by atoms with Gasteiger partial charge in [0.1, 0.15) is 5.82 Å². The van der Waals surface area contributed by atoms with Gasteiger partial charge in [-0.05, 0) is 44.2 Å². The molecular formula is C15H16ClN3O4. The number of carbonyl (C=O) groups excluding carboxylic acids is 2. The topological polar surface area (TPSA) is 80.8 Å². The number of hydrogen-bond acceptors (Lipinski definition) is 6. The van der Waals surface area contributed by atoms with Crippen molar-refractivity contribution in [2.75, 3.05) is 18.6 Å². The molecule has 0 bridgehead atoms. The molecular weight excluding hydrogens is 322 g/mol. The standard InChI is InChI=1S/C15H16ClN3O4/c1-3-22-14(20)19(15(21)23-4-2)18-13-8-5-10-9-11(16)6-7-12(10)17-13/h5-9H,3-4H2,1-2H3,(H,17,18). The van der Waals surface area contributed by atoms with E-state index in [1.54, 1.807) is 44.2 Å². The van der Waals surface area contributed by atoms with Crippen molar-refractivity contribution in [1.29, 1.82) is 0 Å². The highest BCUT2D eigenvalue weighted by Gasteiger charge is 2.25. The summed E-state index contributed by atoms with van der Waals surface area (Å²) in [6, 6.07) is 8.59. The summed E-state index contributed by atoms with van der Waals surface area (Å²) in [5, 5.41) is 2.07. The Balaban J connectivity index is 2.25. The van der Waals surface area contributed by atoms with E-state index in [9.17, 15) is 9.59 Å². The fraction of sp³-hybridized carbons (Fsp3) is 0.267. The number of hydrazine groups is 1. The summed E-state index contributed by atoms with van der Waals surface area (Å²) in [5.41, 5.74) is 3.25. The van der Waals surface area contributed by atoms with E-state index in [-0.39, 0.29) is 13.2 Å². The summed E-state index contributed by atoms with van der Waals surface area (Å²) in [4.78, 5) is 28.0. The van der Waals surface area contributed by atoms with Gasteiger partial charge >= 0.3 is 12.2 Å². The molecule has 1 N–H and O–H groups in total. The fourth-order valence-corrected chi connectivity index (χ4v) is 2.00. The number of nitrogens with zero attached hydrogens (tertiary/aromatic N) is 2. The number of anilines is 1. The maximum Gasteiger partial charge on any atom is 0.438 e. The summed E-state index contributed by atoms with van der Waals surface area (Å²) in [7, 11) is 0. The third-order valence-corrected chi connectivity index (χ3v) is 3.01. The molecule has 122 valence electrons. The molecule has 0 aliphatic rings. The maximum absolute atomic E-state index is 11.9. The van der Waals surface area contributed by atoms with Crippen molar-refractivity contribution < 1.29 is 19.1 Å². The average Bonchev–Trinajstić information content (AvgIpc) is 2.53. The van der Waals surface area contributed by atoms with Gasteiger partial charge in [-0.15, -0.1) is 5.01 Å². The first-order valence-electron chi connectivity index (χ1n) is 7.01. The van der Waals surface area contributed by atoms with Crippen molar-refractivity contribution >= 4 is 40.5 Å². The summed E-state index contributed by atoms with van der Waals surface area (Å²) in [6.07, 6.45) is -1.74. The van der Waals surface area contributed by atoms with Crippen molar-refractivity contribution in [2.45, 2.75) is 13.8 Å². The van der Waals surface area contributed by atoms with Gasteiger partial charge in [-0.25, -0.2) is 14.6 Å². The van der Waals surface area contributed by atoms with E-state index in [0.717, 1.165) is 5.39 Å². The van der Waals surface area contributed by atoms with Crippen LogP contribution >= 0.6 is 11.6 Å². The lowest BCUT2D eigenvalue weighted by Gasteiger charge is -2.20. The number of halogens is 1. The summed E-state index contributed by atoms with van der Waals surface area (Å²) < 4.78 is 9.65. The minimum Gasteiger partial charge on any atom is -0.448 e. The normalized spacial score (nSPS) is 10.2. The Hall–Kier alpha value is -2.54. The number of amides is 2. The fourth-order valence-electron chi connectivity index (χ4n) is 1.82. The number of rotatable bonds is 4. The van der Waals surface area contributed by atoms with Gasteiger partial charge in [-0.3, -0.25) is 5.43 Å². The minimum atomic E-state index is -0.871. The number of benzene rings is 1. The number of pyridine rings is 1. The van der Waals surface area contributed by atoms with Gasteiger partial charge in [-0.2, -0.15) is 0 Å². The molecule has 0 fully saturated rings. The van der Waals surface area contributed by atoms with E-state index in [0.29, 0.717) is 21.4 Å². The highest BCUT2D eigenvalue weighted by atomic mass is 35.5. The zero-order valence-corrected chi connectivity index (χ0v) is 13.5. The van der Waals surface area contributed by atoms with Crippen molar-refractivity contribution in [3.8, 4) is 0 Å². The van der Waals surface area contributed by atoms with Crippen molar-refractivity contribution in [1.82, 2.24) is 9.99 Å². The summed E-state index contributed by atoms with van der Waals surface area (Å²) in [5.74, 6) is 0.293. The Bertz CT molecular complexity index is 705. The molecule has 2 rings (SSSR count). The Kier molecular flexibility index (Phi) is 5.59. The third kappa shape index (κ3) is 4.23. The Labute approximate surface area is 138 Å². The van der Waals surface area contributed by atoms with Crippen LogP contribution in [0.15, 0.2) is 30.3 Å². The van der Waals surface area contributed by atoms with Crippen LogP contribution in [0.5, 0.6) is 0 Å². The van der Waals surface area contributed by atoms with E-state index in [1.807, 2.05) is 0 Å². The molecule has 23 heavy (non-hydrogen) atoms. The SMILES string of the molecule is CCOC(=O)N(Nc1ccc2cc(Cl)ccc2n1)C(=O)OCC. The first-order valence-corrected chi connectivity index (χ1v) is 7.39. The van der Waals surface area contributed by atoms with Crippen LogP contribution in [-0.4, -0.2) is 35.4 Å². The van der Waals surface area contributed by atoms with E-state index in [4.69, 9.17) is 21.1 Å². The van der Waals surface area contributed by atoms with Crippen LogP contribution in [0, 0.1) is 0 Å². The van der Waals surface area contributed by atoms with Crippen LogP contribution in [0.2, 0.25) is 5.02 Å². The van der Waals surface area contributed by atoms with Crippen LogP contribution in [0.25, 0.3) is 10.9 Å². The Morgan fingerprint density at radius 2 is 1.78 bits per heavy atom. The third-order valence-electron chi connectivity index (χ3n) is 2.78. The highest BCUT2D eigenvalue weighted by Crippen LogP contribution is 2.20. The second-order valence-electron chi connectivity index (χ2n) is 4.38. The molecule has 0 aliphatic carbocycles. The number of hydrogen-bond donors (Lipinski definition) is 1. The molecule has 0 saturated heterocycles. The summed E-state index contributed by atoms with van der Waals surface area (Å²) in [6.45, 7) is 3.53. The molecule has 0 unspecified atom stereocenters. The van der Waals surface area contributed by atoms with Gasteiger partial charge in [0, 0.05) is 10.4 Å². The molecule has 7 nitrogen and oxygen atoms in total. The number of ether oxygens (including phenoxy) is 2. The highest BCUT2D eigenvalue weighted by molar-refractivity contribution is 6.31. The van der Waals surface area contributed by atoms with E-state index in [2.05, 4.69) is 10.4 Å². The average molecular weight is 338 g/mol. The number of fused-ring (bicyclic) bond motifs is 1. The monoisotopic (exact) mass is 337 g/mol. The zero-order valence-electron chi connectivity index (χ0n) is 12.7. The van der Waals surface area contributed by atoms with Gasteiger partial charge < -0.3 is 9.47 Å². The van der Waals surface area contributed by atoms with E-state index in [1.165, 1.54) is 0 Å². The lowest BCUT2D eigenvalue weighted by atomic mass is 10.2. The largest absolute Gasteiger partial charge is 0.448 e. The summed E-state index contributed by atoms with van der Waals surface area (Å²) >= 11 is 5.92. The van der Waals surface area contributed by atoms with Gasteiger partial charge in [0.25, 0.3) is 0 Å². The van der Waals surface area contributed by atoms with Crippen molar-refractivity contribution in [3.05, 3.63) is 35.4 Å². The van der Waals surface area contributed by atoms with E-state index < -0.39 is 12.2 Å². The molecule has 0 atom stereocenters. The molecule has 0 saturated carbocycles. The lowest BCUT2D eigenvalue weighted by Crippen LogP contribution is -2.42. The molecule has 0 radical (unpaired) electrons. The molecule has 8 heteroatoms. The molecule has 0 spiro atoms. The number of imide groups is 1. The van der Waals surface area contributed by atoms with Gasteiger partial charge in [-0.1, -0.05) is 11.6 Å². The van der Waals surface area contributed by atoms with Gasteiger partial charge in [0.15, 0.2) is 0 Å². The van der Waals surface area contributed by atoms with Crippen LogP contribution in [0.4, 0.5) is 15.4 Å². The van der Waals surface area contributed by atoms with Gasteiger partial charge in [0.2, 0.25) is 0 Å². The minimum absolute atomic E-state index is 0.125. The first kappa shape index (κ1) is 16.8. The molecule has 1 aromatic heterocycles. The number of nitrogens with one attached hydrogen (secondary N) is 1. The zero-order chi connectivity index (χ0) is 16.8. The predicted octanol–water partition coefficient (Wildman–Crippen LogP) is 3.83.